The van der Waals surface area contributed by atoms with Crippen LogP contribution in [0.25, 0.3) is 0 Å². The summed E-state index contributed by atoms with van der Waals surface area (Å²) in [7, 11) is 0. The normalized spacial score (nSPS) is 21.0. The van der Waals surface area contributed by atoms with Crippen LogP contribution in [0.4, 0.5) is 8.78 Å². The minimum Gasteiger partial charge on any atom is -0.371 e. The van der Waals surface area contributed by atoms with E-state index in [0.29, 0.717) is 18.5 Å². The van der Waals surface area contributed by atoms with E-state index >= 15 is 0 Å². The summed E-state index contributed by atoms with van der Waals surface area (Å²) < 4.78 is 25.7. The van der Waals surface area contributed by atoms with Gasteiger partial charge in [-0.3, -0.25) is 15.0 Å². The number of halogens is 3. The Bertz CT molecular complexity index is 790. The predicted octanol–water partition coefficient (Wildman–Crippen LogP) is 1.96. The summed E-state index contributed by atoms with van der Waals surface area (Å²) in [5.41, 5.74) is 1.11. The summed E-state index contributed by atoms with van der Waals surface area (Å²) in [5, 5.41) is 11.3. The summed E-state index contributed by atoms with van der Waals surface area (Å²) in [5.74, 6) is -4.01. The Balaban J connectivity index is 1.57. The van der Waals surface area contributed by atoms with Gasteiger partial charge in [0.2, 0.25) is 5.91 Å². The number of nitrogens with one attached hydrogen (secondary N) is 2. The fraction of sp³-hybridized carbons (Fsp3) is 0.389. The Morgan fingerprint density at radius 3 is 2.56 bits per heavy atom. The Kier molecular flexibility index (Phi) is 5.46. The molecule has 2 fully saturated rings. The van der Waals surface area contributed by atoms with Gasteiger partial charge in [0.25, 0.3) is 11.8 Å². The molecule has 2 heterocycles. The molecule has 2 aliphatic heterocycles. The van der Waals surface area contributed by atoms with Crippen LogP contribution in [0.2, 0.25) is 0 Å². The van der Waals surface area contributed by atoms with Gasteiger partial charge in [0.15, 0.2) is 0 Å². The molecule has 9 heteroatoms. The summed E-state index contributed by atoms with van der Waals surface area (Å²) in [6, 6.07) is 9.54. The molecule has 6 nitrogen and oxygen atoms in total. The Hall–Kier alpha value is -2.48. The van der Waals surface area contributed by atoms with Crippen LogP contribution in [-0.4, -0.2) is 59.4 Å². The summed E-state index contributed by atoms with van der Waals surface area (Å²) in [6.07, 6.45) is 0.314. The average Bonchev–Trinajstić information content (AvgIpc) is 2.62. The van der Waals surface area contributed by atoms with Gasteiger partial charge in [-0.05, 0) is 12.0 Å². The molecule has 3 rings (SSSR count). The molecule has 2 N–H and O–H groups in total. The molecular formula is C18H19ClF2N4O2. The van der Waals surface area contributed by atoms with Crippen molar-refractivity contribution in [3.63, 3.8) is 0 Å². The van der Waals surface area contributed by atoms with Gasteiger partial charge < -0.3 is 15.1 Å². The first-order valence-electron chi connectivity index (χ1n) is 8.47. The van der Waals surface area contributed by atoms with Crippen molar-refractivity contribution in [3.8, 4) is 0 Å². The van der Waals surface area contributed by atoms with Gasteiger partial charge in [-0.1, -0.05) is 41.9 Å². The Labute approximate surface area is 160 Å². The molecule has 2 aliphatic rings. The van der Waals surface area contributed by atoms with Gasteiger partial charge in [-0.25, -0.2) is 8.78 Å². The van der Waals surface area contributed by atoms with Crippen LogP contribution in [0.1, 0.15) is 12.0 Å². The van der Waals surface area contributed by atoms with E-state index in [0.717, 1.165) is 10.5 Å². The maximum atomic E-state index is 12.9. The standard InChI is InChI=1S/C18H19ClF2N4O2/c19-16(23-8-12-4-2-1-3-5-12)13-6-7-24(17(27)15(13)22)9-14(26)25-10-18(20,21)11-25/h1-5,22-23H,6-11H2/b16-13-,22-15?. The number of nitrogens with zero attached hydrogens (tertiary/aromatic N) is 2. The Morgan fingerprint density at radius 1 is 1.26 bits per heavy atom. The van der Waals surface area contributed by atoms with E-state index in [1.807, 2.05) is 30.3 Å². The predicted molar refractivity (Wildman–Crippen MR) is 96.6 cm³/mol. The quantitative estimate of drug-likeness (QED) is 0.747. The third-order valence-corrected chi connectivity index (χ3v) is 4.88. The molecular weight excluding hydrogens is 378 g/mol. The molecule has 0 aliphatic carbocycles. The van der Waals surface area contributed by atoms with Gasteiger partial charge in [-0.15, -0.1) is 0 Å². The van der Waals surface area contributed by atoms with E-state index in [1.54, 1.807) is 0 Å². The molecule has 0 spiro atoms. The van der Waals surface area contributed by atoms with Crippen LogP contribution >= 0.6 is 11.6 Å². The van der Waals surface area contributed by atoms with Gasteiger partial charge in [-0.2, -0.15) is 0 Å². The second-order valence-corrected chi connectivity index (χ2v) is 6.97. The van der Waals surface area contributed by atoms with Crippen LogP contribution in [0.15, 0.2) is 41.1 Å². The first-order chi connectivity index (χ1) is 12.8. The molecule has 1 aromatic rings. The minimum atomic E-state index is -2.85. The zero-order chi connectivity index (χ0) is 19.6. The van der Waals surface area contributed by atoms with Crippen LogP contribution in [0.3, 0.4) is 0 Å². The third kappa shape index (κ3) is 4.44. The highest BCUT2D eigenvalue weighted by atomic mass is 35.5. The van der Waals surface area contributed by atoms with E-state index in [2.05, 4.69) is 5.32 Å². The van der Waals surface area contributed by atoms with Crippen LogP contribution in [-0.2, 0) is 16.1 Å². The lowest BCUT2D eigenvalue weighted by molar-refractivity contribution is -0.167. The number of hydrogen-bond donors (Lipinski definition) is 2. The highest BCUT2D eigenvalue weighted by Crippen LogP contribution is 2.27. The Morgan fingerprint density at radius 2 is 1.93 bits per heavy atom. The number of hydrogen-bond acceptors (Lipinski definition) is 4. The van der Waals surface area contributed by atoms with Gasteiger partial charge >= 0.3 is 0 Å². The van der Waals surface area contributed by atoms with Gasteiger partial charge in [0.1, 0.15) is 17.4 Å². The van der Waals surface area contributed by atoms with Crippen molar-refractivity contribution in [2.24, 2.45) is 0 Å². The second kappa shape index (κ2) is 7.64. The molecule has 0 saturated carbocycles. The van der Waals surface area contributed by atoms with E-state index in [9.17, 15) is 18.4 Å². The third-order valence-electron chi connectivity index (χ3n) is 4.51. The summed E-state index contributed by atoms with van der Waals surface area (Å²) in [6.45, 7) is -0.886. The number of piperidine rings is 1. The molecule has 2 amide bonds. The largest absolute Gasteiger partial charge is 0.371 e. The fourth-order valence-corrected chi connectivity index (χ4v) is 3.22. The highest BCUT2D eigenvalue weighted by Gasteiger charge is 2.46. The number of carbonyl (C=O) groups excluding carboxylic acids is 2. The maximum absolute atomic E-state index is 12.9. The zero-order valence-corrected chi connectivity index (χ0v) is 15.2. The van der Waals surface area contributed by atoms with Crippen molar-refractivity contribution in [2.75, 3.05) is 26.2 Å². The molecule has 0 radical (unpaired) electrons. The molecule has 0 bridgehead atoms. The van der Waals surface area contributed by atoms with Crippen molar-refractivity contribution in [1.82, 2.24) is 15.1 Å². The van der Waals surface area contributed by atoms with Crippen LogP contribution in [0.5, 0.6) is 0 Å². The van der Waals surface area contributed by atoms with E-state index < -0.39 is 30.8 Å². The number of rotatable bonds is 5. The van der Waals surface area contributed by atoms with Gasteiger partial charge in [0.05, 0.1) is 13.1 Å². The van der Waals surface area contributed by atoms with Crippen LogP contribution in [0, 0.1) is 5.41 Å². The molecule has 0 aromatic heterocycles. The molecule has 2 saturated heterocycles. The molecule has 0 unspecified atom stereocenters. The lowest BCUT2D eigenvalue weighted by Crippen LogP contribution is -2.61. The monoisotopic (exact) mass is 396 g/mol. The lowest BCUT2D eigenvalue weighted by Gasteiger charge is -2.40. The van der Waals surface area contributed by atoms with Crippen molar-refractivity contribution in [1.29, 1.82) is 5.41 Å². The number of alkyl halides is 2. The molecule has 27 heavy (non-hydrogen) atoms. The van der Waals surface area contributed by atoms with Crippen molar-refractivity contribution >= 4 is 29.1 Å². The molecule has 144 valence electrons. The zero-order valence-electron chi connectivity index (χ0n) is 14.5. The smallest absolute Gasteiger partial charge is 0.282 e. The van der Waals surface area contributed by atoms with E-state index in [1.165, 1.54) is 4.90 Å². The average molecular weight is 397 g/mol. The number of benzene rings is 1. The minimum absolute atomic E-state index is 0.204. The highest BCUT2D eigenvalue weighted by molar-refractivity contribution is 6.47. The van der Waals surface area contributed by atoms with Gasteiger partial charge in [0, 0.05) is 18.7 Å². The first-order valence-corrected chi connectivity index (χ1v) is 8.85. The summed E-state index contributed by atoms with van der Waals surface area (Å²) >= 11 is 6.24. The van der Waals surface area contributed by atoms with E-state index in [-0.39, 0.29) is 24.0 Å². The topological polar surface area (TPSA) is 76.5 Å². The van der Waals surface area contributed by atoms with Crippen LogP contribution < -0.4 is 5.32 Å². The summed E-state index contributed by atoms with van der Waals surface area (Å²) in [4.78, 5) is 26.6. The lowest BCUT2D eigenvalue weighted by atomic mass is 10.0. The maximum Gasteiger partial charge on any atom is 0.282 e. The van der Waals surface area contributed by atoms with Crippen molar-refractivity contribution < 1.29 is 18.4 Å². The number of amides is 2. The SMILES string of the molecule is N=C1C(=O)N(CC(=O)N2CC(F)(F)C2)CC/C1=C(\Cl)NCc1ccccc1. The molecule has 0 atom stereocenters. The first kappa shape index (κ1) is 19.3. The number of carbonyl (C=O) groups is 2. The fourth-order valence-electron chi connectivity index (χ4n) is 2.96. The van der Waals surface area contributed by atoms with Crippen molar-refractivity contribution in [2.45, 2.75) is 18.9 Å². The number of likely N-dealkylation sites (tertiary alicyclic amines) is 2. The second-order valence-electron chi connectivity index (χ2n) is 6.59. The van der Waals surface area contributed by atoms with E-state index in [4.69, 9.17) is 17.0 Å². The van der Waals surface area contributed by atoms with Crippen molar-refractivity contribution in [3.05, 3.63) is 46.6 Å². The molecule has 1 aromatic carbocycles.